The molecule has 0 aliphatic rings. The Labute approximate surface area is 194 Å². The summed E-state index contributed by atoms with van der Waals surface area (Å²) in [4.78, 5) is 28.1. The van der Waals surface area contributed by atoms with Crippen molar-refractivity contribution in [1.29, 1.82) is 0 Å². The van der Waals surface area contributed by atoms with Crippen molar-refractivity contribution in [1.82, 2.24) is 5.32 Å². The van der Waals surface area contributed by atoms with E-state index in [0.29, 0.717) is 34.3 Å². The van der Waals surface area contributed by atoms with Gasteiger partial charge in [0.25, 0.3) is 11.8 Å². The lowest BCUT2D eigenvalue weighted by Crippen LogP contribution is -2.39. The third-order valence-electron chi connectivity index (χ3n) is 4.68. The third kappa shape index (κ3) is 5.56. The van der Waals surface area contributed by atoms with Gasteiger partial charge < -0.3 is 20.4 Å². The molecule has 3 aromatic carbocycles. The molecule has 0 bridgehead atoms. The van der Waals surface area contributed by atoms with Crippen molar-refractivity contribution >= 4 is 37.9 Å². The van der Waals surface area contributed by atoms with Crippen LogP contribution in [0.25, 0.3) is 4.48 Å². The van der Waals surface area contributed by atoms with Crippen molar-refractivity contribution in [2.75, 3.05) is 11.4 Å². The largest absolute Gasteiger partial charge is 0.508 e. The van der Waals surface area contributed by atoms with Crippen LogP contribution in [-0.4, -0.2) is 28.6 Å². The summed E-state index contributed by atoms with van der Waals surface area (Å²) < 4.78 is 0.381. The fourth-order valence-corrected chi connectivity index (χ4v) is 3.60. The maximum atomic E-state index is 13.7. The van der Waals surface area contributed by atoms with Crippen LogP contribution in [0, 0.1) is 0 Å². The average molecular weight is 495 g/mol. The topological polar surface area (TPSA) is 89.9 Å². The Kier molecular flexibility index (Phi) is 7.68. The first-order chi connectivity index (χ1) is 15.4. The Bertz CT molecular complexity index is 1110. The normalized spacial score (nSPS) is 11.4. The Morgan fingerprint density at radius 1 is 0.844 bits per heavy atom. The molecule has 0 fully saturated rings. The van der Waals surface area contributed by atoms with Crippen LogP contribution in [0.2, 0.25) is 0 Å². The predicted molar refractivity (Wildman–Crippen MR) is 129 cm³/mol. The predicted octanol–water partition coefficient (Wildman–Crippen LogP) is 5.03. The number of halogens is 1. The number of amides is 2. The third-order valence-corrected chi connectivity index (χ3v) is 5.54. The zero-order valence-electron chi connectivity index (χ0n) is 17.5. The van der Waals surface area contributed by atoms with Crippen molar-refractivity contribution in [3.8, 4) is 11.5 Å². The SMILES string of the molecule is CCCN(C(=O)/C(NC(=O)c1ccccc1)=C(\Br)c1ccc(O)cc1)c1ccc(O)cc1. The molecule has 0 saturated carbocycles. The van der Waals surface area contributed by atoms with Crippen molar-refractivity contribution in [3.05, 3.63) is 95.7 Å². The summed E-state index contributed by atoms with van der Waals surface area (Å²) in [5.74, 6) is -0.656. The number of aromatic hydroxyl groups is 2. The molecule has 0 unspecified atom stereocenters. The molecule has 0 aromatic heterocycles. The van der Waals surface area contributed by atoms with Gasteiger partial charge in [-0.1, -0.05) is 37.3 Å². The molecule has 0 spiro atoms. The Balaban J connectivity index is 2.06. The highest BCUT2D eigenvalue weighted by Gasteiger charge is 2.25. The van der Waals surface area contributed by atoms with Gasteiger partial charge in [0.05, 0.1) is 4.48 Å². The molecule has 3 aromatic rings. The minimum atomic E-state index is -0.424. The standard InChI is InChI=1S/C25H23BrN2O4/c1-2-16-28(19-10-14-21(30)15-11-19)25(32)23(22(26)17-8-12-20(29)13-9-17)27-24(31)18-6-4-3-5-7-18/h3-15,29-30H,2,16H2,1H3,(H,27,31)/b23-22+. The van der Waals surface area contributed by atoms with Gasteiger partial charge >= 0.3 is 0 Å². The fraction of sp³-hybridized carbons (Fsp3) is 0.120. The highest BCUT2D eigenvalue weighted by atomic mass is 79.9. The number of phenolic OH excluding ortho intramolecular Hbond substituents is 2. The number of carbonyl (C=O) groups is 2. The minimum Gasteiger partial charge on any atom is -0.508 e. The van der Waals surface area contributed by atoms with Crippen LogP contribution >= 0.6 is 15.9 Å². The molecule has 3 rings (SSSR count). The molecule has 164 valence electrons. The zero-order chi connectivity index (χ0) is 23.1. The first kappa shape index (κ1) is 23.1. The summed E-state index contributed by atoms with van der Waals surface area (Å²) in [5.41, 5.74) is 1.68. The van der Waals surface area contributed by atoms with Gasteiger partial charge in [-0.25, -0.2) is 0 Å². The molecule has 32 heavy (non-hydrogen) atoms. The van der Waals surface area contributed by atoms with E-state index >= 15 is 0 Å². The van der Waals surface area contributed by atoms with E-state index in [1.165, 1.54) is 24.3 Å². The van der Waals surface area contributed by atoms with E-state index in [4.69, 9.17) is 0 Å². The lowest BCUT2D eigenvalue weighted by molar-refractivity contribution is -0.115. The van der Waals surface area contributed by atoms with Crippen molar-refractivity contribution in [3.63, 3.8) is 0 Å². The maximum Gasteiger partial charge on any atom is 0.275 e. The van der Waals surface area contributed by atoms with Crippen LogP contribution in [0.5, 0.6) is 11.5 Å². The molecule has 0 atom stereocenters. The molecule has 3 N–H and O–H groups in total. The summed E-state index contributed by atoms with van der Waals surface area (Å²) in [6, 6.07) is 21.2. The lowest BCUT2D eigenvalue weighted by Gasteiger charge is -2.25. The van der Waals surface area contributed by atoms with E-state index in [1.807, 2.05) is 6.92 Å². The van der Waals surface area contributed by atoms with Crippen LogP contribution in [0.15, 0.2) is 84.6 Å². The number of nitrogens with zero attached hydrogens (tertiary/aromatic N) is 1. The Morgan fingerprint density at radius 3 is 1.97 bits per heavy atom. The molecular formula is C25H23BrN2O4. The average Bonchev–Trinajstić information content (AvgIpc) is 2.82. The summed E-state index contributed by atoms with van der Waals surface area (Å²) >= 11 is 3.48. The summed E-state index contributed by atoms with van der Waals surface area (Å²) in [5, 5.41) is 22.0. The Hall–Kier alpha value is -3.58. The quantitative estimate of drug-likeness (QED) is 0.401. The van der Waals surface area contributed by atoms with E-state index < -0.39 is 11.8 Å². The molecule has 2 amide bonds. The van der Waals surface area contributed by atoms with Crippen LogP contribution < -0.4 is 10.2 Å². The molecule has 0 heterocycles. The highest BCUT2D eigenvalue weighted by molar-refractivity contribution is 9.15. The smallest absolute Gasteiger partial charge is 0.275 e. The van der Waals surface area contributed by atoms with Gasteiger partial charge in [-0.3, -0.25) is 9.59 Å². The number of carbonyl (C=O) groups excluding carboxylic acids is 2. The van der Waals surface area contributed by atoms with Crippen LogP contribution in [0.1, 0.15) is 29.3 Å². The van der Waals surface area contributed by atoms with Gasteiger partial charge in [-0.15, -0.1) is 0 Å². The Morgan fingerprint density at radius 2 is 1.41 bits per heavy atom. The van der Waals surface area contributed by atoms with Crippen LogP contribution in [0.3, 0.4) is 0 Å². The number of anilines is 1. The molecular weight excluding hydrogens is 472 g/mol. The van der Waals surface area contributed by atoms with Crippen molar-refractivity contribution in [2.24, 2.45) is 0 Å². The number of benzene rings is 3. The summed E-state index contributed by atoms with van der Waals surface area (Å²) in [7, 11) is 0. The van der Waals surface area contributed by atoms with E-state index in [1.54, 1.807) is 59.5 Å². The van der Waals surface area contributed by atoms with E-state index in [9.17, 15) is 19.8 Å². The van der Waals surface area contributed by atoms with E-state index in [0.717, 1.165) is 0 Å². The summed E-state index contributed by atoms with van der Waals surface area (Å²) in [6.07, 6.45) is 0.684. The molecule has 0 radical (unpaired) electrons. The van der Waals surface area contributed by atoms with Gasteiger partial charge in [0.15, 0.2) is 0 Å². The van der Waals surface area contributed by atoms with Gasteiger partial charge in [0.1, 0.15) is 17.2 Å². The molecule has 6 nitrogen and oxygen atoms in total. The molecule has 0 aliphatic carbocycles. The number of hydrogen-bond donors (Lipinski definition) is 3. The monoisotopic (exact) mass is 494 g/mol. The van der Waals surface area contributed by atoms with Crippen LogP contribution in [0.4, 0.5) is 5.69 Å². The first-order valence-corrected chi connectivity index (χ1v) is 10.9. The van der Waals surface area contributed by atoms with Gasteiger partial charge in [0, 0.05) is 17.8 Å². The van der Waals surface area contributed by atoms with Gasteiger partial charge in [-0.2, -0.15) is 0 Å². The zero-order valence-corrected chi connectivity index (χ0v) is 19.0. The number of rotatable bonds is 7. The van der Waals surface area contributed by atoms with E-state index in [-0.39, 0.29) is 17.2 Å². The van der Waals surface area contributed by atoms with Crippen LogP contribution in [-0.2, 0) is 4.79 Å². The van der Waals surface area contributed by atoms with Gasteiger partial charge in [0.2, 0.25) is 0 Å². The molecule has 0 aliphatic heterocycles. The van der Waals surface area contributed by atoms with Crippen molar-refractivity contribution in [2.45, 2.75) is 13.3 Å². The number of hydrogen-bond acceptors (Lipinski definition) is 4. The maximum absolute atomic E-state index is 13.7. The van der Waals surface area contributed by atoms with Gasteiger partial charge in [-0.05, 0) is 76.4 Å². The second kappa shape index (κ2) is 10.6. The highest BCUT2D eigenvalue weighted by Crippen LogP contribution is 2.29. The minimum absolute atomic E-state index is 0.0612. The number of nitrogens with one attached hydrogen (secondary N) is 1. The first-order valence-electron chi connectivity index (χ1n) is 10.1. The van der Waals surface area contributed by atoms with E-state index in [2.05, 4.69) is 21.2 Å². The molecule has 0 saturated heterocycles. The van der Waals surface area contributed by atoms with Crippen molar-refractivity contribution < 1.29 is 19.8 Å². The summed E-state index contributed by atoms with van der Waals surface area (Å²) in [6.45, 7) is 2.35. The number of phenols is 2. The second-order valence-corrected chi connectivity index (χ2v) is 7.82. The molecule has 7 heteroatoms. The fourth-order valence-electron chi connectivity index (χ4n) is 3.07. The second-order valence-electron chi connectivity index (χ2n) is 7.03. The lowest BCUT2D eigenvalue weighted by atomic mass is 10.1.